The van der Waals surface area contributed by atoms with E-state index in [-0.39, 0.29) is 0 Å². The van der Waals surface area contributed by atoms with Crippen molar-refractivity contribution in [2.75, 3.05) is 0 Å². The maximum absolute atomic E-state index is 2.44. The van der Waals surface area contributed by atoms with Crippen LogP contribution in [-0.2, 0) is 12.8 Å². The fraction of sp³-hybridized carbons (Fsp3) is 0.308. The Kier molecular flexibility index (Phi) is 3.11. The first kappa shape index (κ1) is 15.9. The Bertz CT molecular complexity index is 1120. The van der Waals surface area contributed by atoms with Gasteiger partial charge in [0.05, 0.1) is 0 Å². The van der Waals surface area contributed by atoms with Crippen LogP contribution < -0.4 is 0 Å². The molecule has 0 nitrogen and oxygen atoms in total. The molecule has 0 aliphatic heterocycles. The van der Waals surface area contributed by atoms with E-state index < -0.39 is 0 Å². The third-order valence-corrected chi connectivity index (χ3v) is 6.66. The summed E-state index contributed by atoms with van der Waals surface area (Å²) in [7, 11) is 0. The Morgan fingerprint density at radius 1 is 0.577 bits per heavy atom. The second-order valence-corrected chi connectivity index (χ2v) is 8.60. The highest BCUT2D eigenvalue weighted by molar-refractivity contribution is 6.15. The third-order valence-electron chi connectivity index (χ3n) is 6.66. The lowest BCUT2D eigenvalue weighted by Crippen LogP contribution is -1.99. The number of hydrogen-bond donors (Lipinski definition) is 0. The lowest BCUT2D eigenvalue weighted by Gasteiger charge is -2.20. The minimum atomic E-state index is 1.10. The second-order valence-electron chi connectivity index (χ2n) is 8.60. The van der Waals surface area contributed by atoms with Crippen LogP contribution in [0.4, 0.5) is 0 Å². The topological polar surface area (TPSA) is 0 Å². The van der Waals surface area contributed by atoms with Gasteiger partial charge in [0, 0.05) is 0 Å². The summed E-state index contributed by atoms with van der Waals surface area (Å²) in [4.78, 5) is 0. The van der Waals surface area contributed by atoms with Gasteiger partial charge < -0.3 is 0 Å². The van der Waals surface area contributed by atoms with Gasteiger partial charge in [-0.2, -0.15) is 0 Å². The molecular formula is C26H26. The second kappa shape index (κ2) is 5.10. The molecule has 3 aromatic rings. The van der Waals surface area contributed by atoms with Crippen LogP contribution in [0.25, 0.3) is 33.7 Å². The molecule has 2 aliphatic carbocycles. The van der Waals surface area contributed by atoms with Crippen LogP contribution in [0.3, 0.4) is 0 Å². The molecule has 0 fully saturated rings. The summed E-state index contributed by atoms with van der Waals surface area (Å²) < 4.78 is 0. The fourth-order valence-corrected chi connectivity index (χ4v) is 5.38. The predicted octanol–water partition coefficient (Wildman–Crippen LogP) is 7.15. The maximum Gasteiger partial charge on any atom is -0.00542 e. The zero-order valence-corrected chi connectivity index (χ0v) is 16.7. The Labute approximate surface area is 156 Å². The zero-order valence-electron chi connectivity index (χ0n) is 16.7. The van der Waals surface area contributed by atoms with E-state index in [4.69, 9.17) is 0 Å². The van der Waals surface area contributed by atoms with Crippen LogP contribution >= 0.6 is 0 Å². The smallest absolute Gasteiger partial charge is 0.00542 e. The number of hydrogen-bond acceptors (Lipinski definition) is 0. The van der Waals surface area contributed by atoms with Crippen molar-refractivity contribution in [3.8, 4) is 0 Å². The van der Waals surface area contributed by atoms with E-state index in [0.717, 1.165) is 12.8 Å². The molecule has 0 heteroatoms. The molecule has 5 rings (SSSR count). The molecule has 0 bridgehead atoms. The average molecular weight is 338 g/mol. The first-order valence-electron chi connectivity index (χ1n) is 9.72. The number of fused-ring (bicyclic) bond motifs is 7. The number of benzene rings is 3. The molecule has 0 unspecified atom stereocenters. The monoisotopic (exact) mass is 338 g/mol. The summed E-state index contributed by atoms with van der Waals surface area (Å²) in [6, 6.07) is 4.89. The molecule has 0 saturated heterocycles. The Morgan fingerprint density at radius 3 is 1.35 bits per heavy atom. The van der Waals surface area contributed by atoms with E-state index in [9.17, 15) is 0 Å². The van der Waals surface area contributed by atoms with Gasteiger partial charge in [-0.3, -0.25) is 0 Å². The molecule has 2 aliphatic rings. The number of aryl methyl sites for hydroxylation is 4. The highest BCUT2D eigenvalue weighted by Crippen LogP contribution is 2.44. The molecule has 0 spiro atoms. The van der Waals surface area contributed by atoms with E-state index in [1.54, 1.807) is 11.1 Å². The summed E-state index contributed by atoms with van der Waals surface area (Å²) in [5.74, 6) is 0. The van der Waals surface area contributed by atoms with Crippen molar-refractivity contribution in [2.45, 2.75) is 54.4 Å². The van der Waals surface area contributed by atoms with Crippen molar-refractivity contribution in [3.05, 3.63) is 67.8 Å². The molecule has 0 N–H and O–H groups in total. The van der Waals surface area contributed by atoms with E-state index in [0.29, 0.717) is 0 Å². The molecular weight excluding hydrogens is 312 g/mol. The van der Waals surface area contributed by atoms with Crippen LogP contribution in [0.1, 0.15) is 58.4 Å². The summed E-state index contributed by atoms with van der Waals surface area (Å²) in [5.41, 5.74) is 14.8. The maximum atomic E-state index is 2.44. The molecule has 0 heterocycles. The molecule has 0 saturated carbocycles. The van der Waals surface area contributed by atoms with Crippen LogP contribution in [0.2, 0.25) is 0 Å². The van der Waals surface area contributed by atoms with Gasteiger partial charge in [-0.1, -0.05) is 35.4 Å². The highest BCUT2D eigenvalue weighted by Gasteiger charge is 2.23. The van der Waals surface area contributed by atoms with Crippen molar-refractivity contribution in [2.24, 2.45) is 0 Å². The van der Waals surface area contributed by atoms with Gasteiger partial charge in [-0.25, -0.2) is 0 Å². The van der Waals surface area contributed by atoms with Crippen LogP contribution in [-0.4, -0.2) is 0 Å². The summed E-state index contributed by atoms with van der Waals surface area (Å²) in [5, 5.41) is 5.92. The first-order chi connectivity index (χ1) is 12.4. The summed E-state index contributed by atoms with van der Waals surface area (Å²) in [6.45, 7) is 13.8. The van der Waals surface area contributed by atoms with Crippen LogP contribution in [0.5, 0.6) is 0 Å². The lowest BCUT2D eigenvalue weighted by molar-refractivity contribution is 1.19. The van der Waals surface area contributed by atoms with Gasteiger partial charge in [0.2, 0.25) is 0 Å². The lowest BCUT2D eigenvalue weighted by atomic mass is 9.84. The molecule has 0 amide bonds. The van der Waals surface area contributed by atoms with Crippen molar-refractivity contribution in [1.82, 2.24) is 0 Å². The Hall–Kier alpha value is -2.34. The molecule has 0 radical (unpaired) electrons. The third kappa shape index (κ3) is 1.91. The van der Waals surface area contributed by atoms with E-state index in [2.05, 4.69) is 65.8 Å². The zero-order chi connectivity index (χ0) is 18.3. The van der Waals surface area contributed by atoms with Crippen molar-refractivity contribution >= 4 is 33.7 Å². The van der Waals surface area contributed by atoms with Gasteiger partial charge in [-0.15, -0.1) is 0 Å². The normalized spacial score (nSPS) is 15.5. The Morgan fingerprint density at radius 2 is 0.962 bits per heavy atom. The largest absolute Gasteiger partial charge is 0.0683 e. The minimum Gasteiger partial charge on any atom is -0.0683 e. The molecule has 0 aromatic heterocycles. The van der Waals surface area contributed by atoms with Crippen LogP contribution in [0, 0.1) is 27.7 Å². The highest BCUT2D eigenvalue weighted by atomic mass is 14.3. The predicted molar refractivity (Wildman–Crippen MR) is 115 cm³/mol. The first-order valence-corrected chi connectivity index (χ1v) is 9.72. The molecule has 0 atom stereocenters. The van der Waals surface area contributed by atoms with Gasteiger partial charge >= 0.3 is 0 Å². The van der Waals surface area contributed by atoms with Gasteiger partial charge in [0.15, 0.2) is 0 Å². The van der Waals surface area contributed by atoms with E-state index in [1.807, 2.05) is 0 Å². The van der Waals surface area contributed by atoms with Gasteiger partial charge in [-0.05, 0) is 120 Å². The number of allylic oxidation sites excluding steroid dienone is 2. The van der Waals surface area contributed by atoms with Crippen molar-refractivity contribution in [3.63, 3.8) is 0 Å². The van der Waals surface area contributed by atoms with Crippen molar-refractivity contribution in [1.29, 1.82) is 0 Å². The SMILES string of the molecule is CC1=Cc2c(C)cc3c(c(C)c(C)c4c5c(c(C)cc43)C=C(C)C5)c2C1. The van der Waals surface area contributed by atoms with E-state index >= 15 is 0 Å². The fourth-order valence-electron chi connectivity index (χ4n) is 5.38. The van der Waals surface area contributed by atoms with Crippen LogP contribution in [0.15, 0.2) is 23.3 Å². The summed E-state index contributed by atoms with van der Waals surface area (Å²) >= 11 is 0. The number of rotatable bonds is 0. The van der Waals surface area contributed by atoms with Gasteiger partial charge in [0.1, 0.15) is 0 Å². The summed E-state index contributed by atoms with van der Waals surface area (Å²) in [6.07, 6.45) is 6.99. The van der Waals surface area contributed by atoms with E-state index in [1.165, 1.54) is 66.1 Å². The molecule has 26 heavy (non-hydrogen) atoms. The van der Waals surface area contributed by atoms with Gasteiger partial charge in [0.25, 0.3) is 0 Å². The quantitative estimate of drug-likeness (QED) is 0.382. The standard InChI is InChI=1S/C26H26/c1-13-7-19-15(3)11-23-24-12-16(4)20-8-14(2)10-22(20)26(24)18(6)17(5)25(23)21(19)9-13/h7-8,11-12H,9-10H2,1-6H3. The average Bonchev–Trinajstić information content (AvgIpc) is 3.15. The van der Waals surface area contributed by atoms with Crippen molar-refractivity contribution < 1.29 is 0 Å². The molecule has 130 valence electrons. The Balaban J connectivity index is 2.01. The molecule has 3 aromatic carbocycles. The minimum absolute atomic E-state index is 1.10.